The molecule has 2 heterocycles. The molecular weight excluding hydrogens is 394 g/mol. The summed E-state index contributed by atoms with van der Waals surface area (Å²) in [6.07, 6.45) is 2.31. The Morgan fingerprint density at radius 1 is 1.03 bits per heavy atom. The van der Waals surface area contributed by atoms with E-state index in [9.17, 15) is 0 Å². The Bertz CT molecular complexity index is 1100. The number of methoxy groups -OCH3 is 2. The zero-order chi connectivity index (χ0) is 22.0. The Balaban J connectivity index is 1.64. The lowest BCUT2D eigenvalue weighted by Crippen LogP contribution is -2.11. The van der Waals surface area contributed by atoms with E-state index in [4.69, 9.17) is 24.9 Å². The summed E-state index contributed by atoms with van der Waals surface area (Å²) in [5.74, 6) is 2.61. The number of pyridine rings is 1. The molecule has 0 atom stereocenters. The maximum atomic E-state index is 6.14. The fourth-order valence-corrected chi connectivity index (χ4v) is 3.52. The Labute approximate surface area is 182 Å². The van der Waals surface area contributed by atoms with Gasteiger partial charge in [0.2, 0.25) is 0 Å². The van der Waals surface area contributed by atoms with Crippen molar-refractivity contribution in [3.8, 4) is 11.5 Å². The van der Waals surface area contributed by atoms with E-state index in [2.05, 4.69) is 22.2 Å². The van der Waals surface area contributed by atoms with Crippen LogP contribution in [-0.2, 0) is 16.7 Å². The molecule has 1 aliphatic carbocycles. The van der Waals surface area contributed by atoms with Crippen LogP contribution in [0.3, 0.4) is 0 Å². The summed E-state index contributed by atoms with van der Waals surface area (Å²) in [5, 5.41) is 4.26. The first-order chi connectivity index (χ1) is 14.9. The van der Waals surface area contributed by atoms with Crippen LogP contribution in [0.1, 0.15) is 37.0 Å². The van der Waals surface area contributed by atoms with Gasteiger partial charge in [0.15, 0.2) is 11.5 Å². The first-order valence-corrected chi connectivity index (χ1v) is 10.4. The second-order valence-corrected chi connectivity index (χ2v) is 8.17. The quantitative estimate of drug-likeness (QED) is 0.503. The molecule has 1 saturated carbocycles. The topological polar surface area (TPSA) is 104 Å². The molecule has 3 aromatic rings. The van der Waals surface area contributed by atoms with E-state index in [0.29, 0.717) is 42.9 Å². The number of nitrogens with zero attached hydrogens (tertiary/aromatic N) is 3. The summed E-state index contributed by atoms with van der Waals surface area (Å²) in [5.41, 5.74) is 9.76. The van der Waals surface area contributed by atoms with E-state index >= 15 is 0 Å². The minimum Gasteiger partial charge on any atom is -0.493 e. The average molecular weight is 424 g/mol. The number of hydrogen-bond acceptors (Lipinski definition) is 8. The SMILES string of the molecule is COCCOc1cc2c(NCc3cc(N)cc(C4(C)CC4)n3)nc(C)nc2cc1OC. The van der Waals surface area contributed by atoms with Crippen LogP contribution in [0.4, 0.5) is 11.5 Å². The van der Waals surface area contributed by atoms with Gasteiger partial charge in [-0.05, 0) is 38.0 Å². The van der Waals surface area contributed by atoms with E-state index in [1.165, 1.54) is 0 Å². The van der Waals surface area contributed by atoms with E-state index in [1.807, 2.05) is 31.2 Å². The van der Waals surface area contributed by atoms with Gasteiger partial charge in [0.25, 0.3) is 0 Å². The molecule has 2 aromatic heterocycles. The lowest BCUT2D eigenvalue weighted by molar-refractivity contribution is 0.144. The van der Waals surface area contributed by atoms with Crippen molar-refractivity contribution in [2.24, 2.45) is 0 Å². The molecular formula is C23H29N5O3. The van der Waals surface area contributed by atoms with Crippen molar-refractivity contribution in [3.63, 3.8) is 0 Å². The Morgan fingerprint density at radius 3 is 2.55 bits per heavy atom. The van der Waals surface area contributed by atoms with Gasteiger partial charge < -0.3 is 25.3 Å². The van der Waals surface area contributed by atoms with Crippen molar-refractivity contribution in [1.82, 2.24) is 15.0 Å². The molecule has 31 heavy (non-hydrogen) atoms. The van der Waals surface area contributed by atoms with Gasteiger partial charge in [-0.1, -0.05) is 6.92 Å². The first-order valence-electron chi connectivity index (χ1n) is 10.4. The van der Waals surface area contributed by atoms with Crippen LogP contribution < -0.4 is 20.5 Å². The highest BCUT2D eigenvalue weighted by molar-refractivity contribution is 5.91. The standard InChI is InChI=1S/C23H29N5O3/c1-14-26-18-12-19(30-4)20(31-8-7-29-3)11-17(18)22(27-14)25-13-16-9-15(24)10-21(28-16)23(2)5-6-23/h9-12H,5-8,13H2,1-4H3,(H2,24,28)(H,25,26,27). The van der Waals surface area contributed by atoms with Gasteiger partial charge in [0.05, 0.1) is 31.5 Å². The molecule has 0 aliphatic heterocycles. The van der Waals surface area contributed by atoms with Gasteiger partial charge >= 0.3 is 0 Å². The molecule has 1 aliphatic rings. The van der Waals surface area contributed by atoms with Crippen LogP contribution >= 0.6 is 0 Å². The van der Waals surface area contributed by atoms with Gasteiger partial charge in [-0.2, -0.15) is 0 Å². The van der Waals surface area contributed by atoms with Gasteiger partial charge in [-0.25, -0.2) is 9.97 Å². The third-order valence-electron chi connectivity index (χ3n) is 5.59. The summed E-state index contributed by atoms with van der Waals surface area (Å²) < 4.78 is 16.4. The molecule has 164 valence electrons. The molecule has 3 N–H and O–H groups in total. The zero-order valence-corrected chi connectivity index (χ0v) is 18.5. The molecule has 4 rings (SSSR count). The number of ether oxygens (including phenoxy) is 3. The normalized spacial score (nSPS) is 14.5. The van der Waals surface area contributed by atoms with Crippen LogP contribution in [0.15, 0.2) is 24.3 Å². The highest BCUT2D eigenvalue weighted by Crippen LogP contribution is 2.47. The molecule has 0 amide bonds. The van der Waals surface area contributed by atoms with Gasteiger partial charge in [-0.15, -0.1) is 0 Å². The van der Waals surface area contributed by atoms with E-state index in [1.54, 1.807) is 14.2 Å². The smallest absolute Gasteiger partial charge is 0.162 e. The molecule has 0 radical (unpaired) electrons. The molecule has 1 fully saturated rings. The zero-order valence-electron chi connectivity index (χ0n) is 18.5. The summed E-state index contributed by atoms with van der Waals surface area (Å²) in [4.78, 5) is 14.0. The molecule has 0 unspecified atom stereocenters. The number of benzene rings is 1. The van der Waals surface area contributed by atoms with Crippen LogP contribution in [0, 0.1) is 6.92 Å². The molecule has 0 saturated heterocycles. The van der Waals surface area contributed by atoms with Gasteiger partial charge in [0.1, 0.15) is 18.2 Å². The lowest BCUT2D eigenvalue weighted by Gasteiger charge is -2.15. The van der Waals surface area contributed by atoms with Crippen molar-refractivity contribution in [1.29, 1.82) is 0 Å². The fourth-order valence-electron chi connectivity index (χ4n) is 3.52. The van der Waals surface area contributed by atoms with Gasteiger partial charge in [-0.3, -0.25) is 4.98 Å². The summed E-state index contributed by atoms with van der Waals surface area (Å²) in [6, 6.07) is 7.65. The number of hydrogen-bond donors (Lipinski definition) is 2. The maximum absolute atomic E-state index is 6.14. The summed E-state index contributed by atoms with van der Waals surface area (Å²) in [6.45, 7) is 5.50. The molecule has 8 heteroatoms. The van der Waals surface area contributed by atoms with Crippen LogP contribution in [-0.4, -0.2) is 42.4 Å². The number of aromatic nitrogens is 3. The summed E-state index contributed by atoms with van der Waals surface area (Å²) >= 11 is 0. The van der Waals surface area contributed by atoms with Gasteiger partial charge in [0, 0.05) is 35.4 Å². The number of rotatable bonds is 9. The number of nitrogens with two attached hydrogens (primary N) is 1. The Kier molecular flexibility index (Phi) is 5.82. The number of aryl methyl sites for hydroxylation is 1. The second-order valence-electron chi connectivity index (χ2n) is 8.17. The van der Waals surface area contributed by atoms with E-state index in [0.717, 1.165) is 40.8 Å². The average Bonchev–Trinajstić information content (AvgIpc) is 3.50. The molecule has 1 aromatic carbocycles. The highest BCUT2D eigenvalue weighted by Gasteiger charge is 2.40. The number of anilines is 2. The van der Waals surface area contributed by atoms with Crippen molar-refractivity contribution in [3.05, 3.63) is 41.5 Å². The van der Waals surface area contributed by atoms with Crippen molar-refractivity contribution in [2.45, 2.75) is 38.6 Å². The highest BCUT2D eigenvalue weighted by atomic mass is 16.5. The maximum Gasteiger partial charge on any atom is 0.162 e. The molecule has 0 spiro atoms. The predicted molar refractivity (Wildman–Crippen MR) is 121 cm³/mol. The predicted octanol–water partition coefficient (Wildman–Crippen LogP) is 3.61. The Hall–Kier alpha value is -3.13. The third-order valence-corrected chi connectivity index (χ3v) is 5.59. The number of fused-ring (bicyclic) bond motifs is 1. The van der Waals surface area contributed by atoms with Crippen LogP contribution in [0.25, 0.3) is 10.9 Å². The van der Waals surface area contributed by atoms with E-state index < -0.39 is 0 Å². The lowest BCUT2D eigenvalue weighted by atomic mass is 10.0. The van der Waals surface area contributed by atoms with Crippen molar-refractivity contribution in [2.75, 3.05) is 38.5 Å². The number of nitrogen functional groups attached to an aromatic ring is 1. The Morgan fingerprint density at radius 2 is 1.84 bits per heavy atom. The van der Waals surface area contributed by atoms with Crippen molar-refractivity contribution >= 4 is 22.4 Å². The molecule has 0 bridgehead atoms. The van der Waals surface area contributed by atoms with Crippen LogP contribution in [0.2, 0.25) is 0 Å². The minimum absolute atomic E-state index is 0.160. The third kappa shape index (κ3) is 4.64. The fraction of sp³-hybridized carbons (Fsp3) is 0.435. The summed E-state index contributed by atoms with van der Waals surface area (Å²) in [7, 11) is 3.25. The molecule has 8 nitrogen and oxygen atoms in total. The largest absolute Gasteiger partial charge is 0.493 e. The monoisotopic (exact) mass is 423 g/mol. The number of nitrogens with one attached hydrogen (secondary N) is 1. The minimum atomic E-state index is 0.160. The van der Waals surface area contributed by atoms with Crippen LogP contribution in [0.5, 0.6) is 11.5 Å². The first kappa shape index (κ1) is 21.1. The van der Waals surface area contributed by atoms with Crippen molar-refractivity contribution < 1.29 is 14.2 Å². The second kappa shape index (κ2) is 8.55. The van der Waals surface area contributed by atoms with E-state index in [-0.39, 0.29) is 5.41 Å².